The Kier molecular flexibility index (Phi) is 3.76. The summed E-state index contributed by atoms with van der Waals surface area (Å²) in [7, 11) is 0. The van der Waals surface area contributed by atoms with Gasteiger partial charge in [-0.15, -0.1) is 0 Å². The largest absolute Gasteiger partial charge is 0.323 e. The Morgan fingerprint density at radius 1 is 1.07 bits per heavy atom. The van der Waals surface area contributed by atoms with Gasteiger partial charge in [-0.3, -0.25) is 4.79 Å². The number of benzene rings is 1. The fraction of sp³-hybridized carbons (Fsp3) is 0.125. The van der Waals surface area contributed by atoms with Gasteiger partial charge in [0.05, 0.1) is 15.7 Å². The third kappa shape index (κ3) is 2.33. The fourth-order valence-electron chi connectivity index (χ4n) is 0.891. The van der Waals surface area contributed by atoms with Crippen molar-refractivity contribution in [2.75, 3.05) is 5.32 Å². The molecule has 0 aromatic heterocycles. The molecule has 0 spiro atoms. The molecule has 0 radical (unpaired) electrons. The van der Waals surface area contributed by atoms with E-state index in [1.54, 1.807) is 0 Å². The Balaban J connectivity index is 3.45. The molecule has 1 N–H and O–H groups in total. The standard InChI is InChI=1S/C8H4Cl3F2NO/c1-2(15)14-8-4(10)3(9)6(12)5(11)7(8)13/h1H3,(H,14,15). The zero-order chi connectivity index (χ0) is 11.7. The van der Waals surface area contributed by atoms with Gasteiger partial charge in [0, 0.05) is 6.92 Å². The predicted molar refractivity (Wildman–Crippen MR) is 55.7 cm³/mol. The summed E-state index contributed by atoms with van der Waals surface area (Å²) in [6.45, 7) is 1.14. The van der Waals surface area contributed by atoms with E-state index in [1.807, 2.05) is 0 Å². The maximum absolute atomic E-state index is 13.3. The Morgan fingerprint density at radius 2 is 1.60 bits per heavy atom. The van der Waals surface area contributed by atoms with Crippen molar-refractivity contribution in [3.63, 3.8) is 0 Å². The average molecular weight is 274 g/mol. The molecule has 0 heterocycles. The Labute approximate surface area is 99.1 Å². The second-order valence-electron chi connectivity index (χ2n) is 2.63. The van der Waals surface area contributed by atoms with Gasteiger partial charge in [-0.25, -0.2) is 8.78 Å². The van der Waals surface area contributed by atoms with E-state index >= 15 is 0 Å². The number of hydrogen-bond donors (Lipinski definition) is 1. The molecule has 1 rings (SSSR count). The summed E-state index contributed by atoms with van der Waals surface area (Å²) in [5, 5.41) is 0.297. The number of hydrogen-bond acceptors (Lipinski definition) is 1. The average Bonchev–Trinajstić information content (AvgIpc) is 2.18. The van der Waals surface area contributed by atoms with E-state index in [1.165, 1.54) is 0 Å². The number of halogens is 5. The van der Waals surface area contributed by atoms with Gasteiger partial charge in [-0.2, -0.15) is 0 Å². The van der Waals surface area contributed by atoms with Crippen LogP contribution in [-0.2, 0) is 4.79 Å². The quantitative estimate of drug-likeness (QED) is 0.611. The van der Waals surface area contributed by atoms with Crippen molar-refractivity contribution >= 4 is 46.4 Å². The molecule has 0 unspecified atom stereocenters. The third-order valence-electron chi connectivity index (χ3n) is 1.51. The minimum Gasteiger partial charge on any atom is -0.323 e. The second-order valence-corrected chi connectivity index (χ2v) is 3.76. The van der Waals surface area contributed by atoms with Crippen molar-refractivity contribution in [2.24, 2.45) is 0 Å². The lowest BCUT2D eigenvalue weighted by Gasteiger charge is -2.10. The third-order valence-corrected chi connectivity index (χ3v) is 2.67. The molecular formula is C8H4Cl3F2NO. The summed E-state index contributed by atoms with van der Waals surface area (Å²) in [4.78, 5) is 10.7. The lowest BCUT2D eigenvalue weighted by Crippen LogP contribution is -2.09. The van der Waals surface area contributed by atoms with Gasteiger partial charge in [-0.05, 0) is 0 Å². The molecule has 0 aliphatic carbocycles. The molecule has 1 amide bonds. The Hall–Kier alpha value is -0.580. The molecule has 0 saturated carbocycles. The highest BCUT2D eigenvalue weighted by Gasteiger charge is 2.22. The minimum absolute atomic E-state index is 0.425. The van der Waals surface area contributed by atoms with Crippen molar-refractivity contribution in [1.82, 2.24) is 0 Å². The monoisotopic (exact) mass is 273 g/mol. The molecule has 0 fully saturated rings. The van der Waals surface area contributed by atoms with Gasteiger partial charge in [0.1, 0.15) is 5.02 Å². The Bertz CT molecular complexity index is 407. The molecule has 0 atom stereocenters. The molecule has 15 heavy (non-hydrogen) atoms. The smallest absolute Gasteiger partial charge is 0.221 e. The van der Waals surface area contributed by atoms with Crippen LogP contribution in [0.5, 0.6) is 0 Å². The molecule has 0 aliphatic rings. The maximum Gasteiger partial charge on any atom is 0.221 e. The molecule has 0 saturated heterocycles. The molecular weight excluding hydrogens is 270 g/mol. The summed E-state index contributed by atoms with van der Waals surface area (Å²) in [6, 6.07) is 0. The van der Waals surface area contributed by atoms with Crippen LogP contribution in [0, 0.1) is 11.6 Å². The molecule has 1 aromatic rings. The van der Waals surface area contributed by atoms with Crippen LogP contribution < -0.4 is 5.32 Å². The molecule has 7 heteroatoms. The summed E-state index contributed by atoms with van der Waals surface area (Å²) in [5.41, 5.74) is -0.430. The van der Waals surface area contributed by atoms with E-state index < -0.39 is 38.3 Å². The number of rotatable bonds is 1. The van der Waals surface area contributed by atoms with Crippen LogP contribution in [0.4, 0.5) is 14.5 Å². The molecule has 2 nitrogen and oxygen atoms in total. The van der Waals surface area contributed by atoms with Crippen molar-refractivity contribution in [3.8, 4) is 0 Å². The lowest BCUT2D eigenvalue weighted by atomic mass is 10.3. The minimum atomic E-state index is -1.16. The first-order chi connectivity index (χ1) is 6.86. The van der Waals surface area contributed by atoms with E-state index in [9.17, 15) is 13.6 Å². The van der Waals surface area contributed by atoms with Crippen LogP contribution >= 0.6 is 34.8 Å². The fourth-order valence-corrected chi connectivity index (χ4v) is 1.53. The highest BCUT2D eigenvalue weighted by atomic mass is 35.5. The summed E-state index contributed by atoms with van der Waals surface area (Å²) in [5.74, 6) is -2.89. The number of carbonyl (C=O) groups is 1. The van der Waals surface area contributed by atoms with Gasteiger partial charge in [0.25, 0.3) is 0 Å². The van der Waals surface area contributed by atoms with Crippen LogP contribution in [-0.4, -0.2) is 5.91 Å². The van der Waals surface area contributed by atoms with E-state index in [-0.39, 0.29) is 0 Å². The van der Waals surface area contributed by atoms with Crippen LogP contribution in [0.2, 0.25) is 15.1 Å². The number of anilines is 1. The lowest BCUT2D eigenvalue weighted by molar-refractivity contribution is -0.114. The molecule has 82 valence electrons. The van der Waals surface area contributed by atoms with E-state index in [0.717, 1.165) is 6.92 Å². The SMILES string of the molecule is CC(=O)Nc1c(F)c(Cl)c(F)c(Cl)c1Cl. The molecule has 0 aliphatic heterocycles. The normalized spacial score (nSPS) is 10.3. The number of amides is 1. The molecule has 0 bridgehead atoms. The maximum atomic E-state index is 13.3. The summed E-state index contributed by atoms with van der Waals surface area (Å²) >= 11 is 16.3. The van der Waals surface area contributed by atoms with Crippen LogP contribution in [0.15, 0.2) is 0 Å². The zero-order valence-corrected chi connectivity index (χ0v) is 9.57. The number of carbonyl (C=O) groups excluding carboxylic acids is 1. The van der Waals surface area contributed by atoms with Crippen LogP contribution in [0.1, 0.15) is 6.92 Å². The van der Waals surface area contributed by atoms with Gasteiger partial charge in [0.2, 0.25) is 5.91 Å². The molecule has 1 aromatic carbocycles. The first kappa shape index (κ1) is 12.5. The van der Waals surface area contributed by atoms with E-state index in [0.29, 0.717) is 0 Å². The van der Waals surface area contributed by atoms with Crippen molar-refractivity contribution in [1.29, 1.82) is 0 Å². The zero-order valence-electron chi connectivity index (χ0n) is 7.30. The van der Waals surface area contributed by atoms with Crippen molar-refractivity contribution in [2.45, 2.75) is 6.92 Å². The van der Waals surface area contributed by atoms with Gasteiger partial charge >= 0.3 is 0 Å². The predicted octanol–water partition coefficient (Wildman–Crippen LogP) is 3.88. The second kappa shape index (κ2) is 4.51. The summed E-state index contributed by atoms with van der Waals surface area (Å²) in [6.07, 6.45) is 0. The van der Waals surface area contributed by atoms with Crippen molar-refractivity contribution < 1.29 is 13.6 Å². The van der Waals surface area contributed by atoms with E-state index in [2.05, 4.69) is 5.32 Å². The van der Waals surface area contributed by atoms with Crippen LogP contribution in [0.3, 0.4) is 0 Å². The van der Waals surface area contributed by atoms with Crippen molar-refractivity contribution in [3.05, 3.63) is 26.7 Å². The summed E-state index contributed by atoms with van der Waals surface area (Å²) < 4.78 is 26.4. The Morgan fingerprint density at radius 3 is 2.07 bits per heavy atom. The van der Waals surface area contributed by atoms with E-state index in [4.69, 9.17) is 34.8 Å². The first-order valence-electron chi connectivity index (χ1n) is 3.65. The topological polar surface area (TPSA) is 29.1 Å². The highest BCUT2D eigenvalue weighted by Crippen LogP contribution is 2.39. The first-order valence-corrected chi connectivity index (χ1v) is 4.78. The number of nitrogens with one attached hydrogen (secondary N) is 1. The van der Waals surface area contributed by atoms with Gasteiger partial charge in [0.15, 0.2) is 11.6 Å². The van der Waals surface area contributed by atoms with Gasteiger partial charge in [-0.1, -0.05) is 34.8 Å². The van der Waals surface area contributed by atoms with Crippen LogP contribution in [0.25, 0.3) is 0 Å². The highest BCUT2D eigenvalue weighted by molar-refractivity contribution is 6.45. The van der Waals surface area contributed by atoms with Gasteiger partial charge < -0.3 is 5.32 Å².